The molecule has 4 nitrogen and oxygen atoms in total. The molecule has 0 spiro atoms. The number of carbonyl (C=O) groups excluding carboxylic acids is 1. The van der Waals surface area contributed by atoms with E-state index in [4.69, 9.17) is 0 Å². The molecule has 1 amide bonds. The maximum Gasteiger partial charge on any atom is 0.232 e. The van der Waals surface area contributed by atoms with Gasteiger partial charge >= 0.3 is 0 Å². The molecule has 0 heterocycles. The van der Waals surface area contributed by atoms with Gasteiger partial charge in [0, 0.05) is 20.0 Å². The molecular formula is C21H35NO3S. The molecule has 0 bridgehead atoms. The monoisotopic (exact) mass is 381 g/mol. The molecule has 26 heavy (non-hydrogen) atoms. The van der Waals surface area contributed by atoms with Gasteiger partial charge in [0.1, 0.15) is 0 Å². The van der Waals surface area contributed by atoms with Crippen molar-refractivity contribution in [2.24, 2.45) is 17.8 Å². The van der Waals surface area contributed by atoms with Gasteiger partial charge in [0.05, 0.1) is 18.0 Å². The van der Waals surface area contributed by atoms with Crippen molar-refractivity contribution < 1.29 is 15.0 Å². The predicted octanol–water partition coefficient (Wildman–Crippen LogP) is 3.60. The Bertz CT molecular complexity index is 517. The Morgan fingerprint density at radius 3 is 2.81 bits per heavy atom. The molecular weight excluding hydrogens is 346 g/mol. The van der Waals surface area contributed by atoms with Gasteiger partial charge in [0.15, 0.2) is 0 Å². The van der Waals surface area contributed by atoms with E-state index >= 15 is 0 Å². The van der Waals surface area contributed by atoms with Crippen LogP contribution < -0.4 is 0 Å². The quantitative estimate of drug-likeness (QED) is 0.473. The number of aliphatic hydroxyl groups is 2. The normalized spacial score (nSPS) is 30.9. The summed E-state index contributed by atoms with van der Waals surface area (Å²) in [6.45, 7) is 2.16. The summed E-state index contributed by atoms with van der Waals surface area (Å²) in [7, 11) is 3.57. The van der Waals surface area contributed by atoms with Gasteiger partial charge < -0.3 is 15.1 Å². The molecule has 0 aromatic heterocycles. The van der Waals surface area contributed by atoms with Crippen LogP contribution in [0.3, 0.4) is 0 Å². The van der Waals surface area contributed by atoms with E-state index in [2.05, 4.69) is 18.4 Å². The van der Waals surface area contributed by atoms with Crippen LogP contribution in [0.4, 0.5) is 0 Å². The molecule has 0 radical (unpaired) electrons. The minimum Gasteiger partial charge on any atom is -0.392 e. The Morgan fingerprint density at radius 1 is 1.35 bits per heavy atom. The molecule has 2 rings (SSSR count). The largest absolute Gasteiger partial charge is 0.392 e. The van der Waals surface area contributed by atoms with E-state index in [1.807, 2.05) is 6.08 Å². The van der Waals surface area contributed by atoms with Crippen molar-refractivity contribution in [2.75, 3.05) is 19.8 Å². The molecule has 2 fully saturated rings. The first-order valence-electron chi connectivity index (χ1n) is 9.96. The highest BCUT2D eigenvalue weighted by Crippen LogP contribution is 2.50. The zero-order chi connectivity index (χ0) is 19.1. The number of aliphatic hydroxyl groups excluding tert-OH is 2. The van der Waals surface area contributed by atoms with Crippen molar-refractivity contribution in [2.45, 2.75) is 64.1 Å². The number of unbranched alkanes of at least 4 members (excludes halogenated alkanes) is 2. The fourth-order valence-electron chi connectivity index (χ4n) is 4.19. The Hall–Kier alpha value is -0.780. The number of fused-ring (bicyclic) bond motifs is 1. The third-order valence-corrected chi connectivity index (χ3v) is 6.64. The molecule has 5 atom stereocenters. The van der Waals surface area contributed by atoms with Gasteiger partial charge in [-0.05, 0) is 42.9 Å². The van der Waals surface area contributed by atoms with Crippen molar-refractivity contribution in [3.63, 3.8) is 0 Å². The lowest BCUT2D eigenvalue weighted by atomic mass is 9.90. The highest BCUT2D eigenvalue weighted by atomic mass is 32.2. The maximum atomic E-state index is 11.7. The summed E-state index contributed by atoms with van der Waals surface area (Å²) in [6.07, 6.45) is 10.4. The van der Waals surface area contributed by atoms with Crippen LogP contribution in [0, 0.1) is 17.8 Å². The van der Waals surface area contributed by atoms with E-state index in [1.54, 1.807) is 30.8 Å². The van der Waals surface area contributed by atoms with Gasteiger partial charge in [-0.25, -0.2) is 0 Å². The number of nitrogens with zero attached hydrogens (tertiary/aromatic N) is 1. The summed E-state index contributed by atoms with van der Waals surface area (Å²) in [4.78, 5) is 13.3. The molecule has 5 heteroatoms. The average Bonchev–Trinajstić information content (AvgIpc) is 3.09. The first-order chi connectivity index (χ1) is 12.4. The number of rotatable bonds is 9. The van der Waals surface area contributed by atoms with Crippen LogP contribution in [0.5, 0.6) is 0 Å². The first-order valence-corrected chi connectivity index (χ1v) is 11.0. The zero-order valence-electron chi connectivity index (χ0n) is 16.4. The van der Waals surface area contributed by atoms with Crippen LogP contribution in [-0.4, -0.2) is 53.1 Å². The Morgan fingerprint density at radius 2 is 2.12 bits per heavy atom. The van der Waals surface area contributed by atoms with E-state index in [-0.39, 0.29) is 17.9 Å². The Kier molecular flexibility index (Phi) is 8.71. The zero-order valence-corrected chi connectivity index (χ0v) is 17.3. The Balaban J connectivity index is 1.84. The summed E-state index contributed by atoms with van der Waals surface area (Å²) in [6, 6.07) is 0. The molecule has 148 valence electrons. The molecule has 2 N–H and O–H groups in total. The lowest BCUT2D eigenvalue weighted by Gasteiger charge is -2.17. The van der Waals surface area contributed by atoms with E-state index in [0.29, 0.717) is 17.6 Å². The third kappa shape index (κ3) is 6.14. The number of hydrogen-bond donors (Lipinski definition) is 2. The fourth-order valence-corrected chi connectivity index (χ4v) is 5.10. The standard InChI is InChI=1S/C21H35NO3S/c1-4-5-6-7-17(23)8-9-18-19-11-15(10-16(19)12-20(18)24)13-26-14-21(25)22(2)3/h8-9,13,16-20,23-24H,4-7,10-12,14H2,1-3H3/t16-,17-,18+,19-,20+/m0/s1. The number of thioether (sulfide) groups is 1. The van der Waals surface area contributed by atoms with E-state index in [0.717, 1.165) is 44.9 Å². The van der Waals surface area contributed by atoms with Gasteiger partial charge in [-0.15, -0.1) is 11.8 Å². The van der Waals surface area contributed by atoms with E-state index in [1.165, 1.54) is 5.57 Å². The smallest absolute Gasteiger partial charge is 0.232 e. The van der Waals surface area contributed by atoms with Gasteiger partial charge in [-0.2, -0.15) is 0 Å². The van der Waals surface area contributed by atoms with Crippen molar-refractivity contribution in [3.05, 3.63) is 23.1 Å². The summed E-state index contributed by atoms with van der Waals surface area (Å²) in [5.74, 6) is 1.79. The number of carbonyl (C=O) groups is 1. The highest BCUT2D eigenvalue weighted by Gasteiger charge is 2.45. The predicted molar refractivity (Wildman–Crippen MR) is 109 cm³/mol. The molecule has 0 aromatic carbocycles. The number of hydrogen-bond acceptors (Lipinski definition) is 4. The molecule has 2 aliphatic carbocycles. The molecule has 2 aliphatic rings. The third-order valence-electron chi connectivity index (χ3n) is 5.73. The molecule has 0 saturated heterocycles. The van der Waals surface area contributed by atoms with Crippen LogP contribution >= 0.6 is 11.8 Å². The van der Waals surface area contributed by atoms with Gasteiger partial charge in [0.2, 0.25) is 5.91 Å². The second kappa shape index (κ2) is 10.5. The maximum absolute atomic E-state index is 11.7. The van der Waals surface area contributed by atoms with Crippen molar-refractivity contribution in [1.82, 2.24) is 4.90 Å². The lowest BCUT2D eigenvalue weighted by molar-refractivity contribution is -0.125. The summed E-state index contributed by atoms with van der Waals surface area (Å²) < 4.78 is 0. The minimum absolute atomic E-state index is 0.137. The second-order valence-corrected chi connectivity index (χ2v) is 8.89. The van der Waals surface area contributed by atoms with Crippen LogP contribution in [0.15, 0.2) is 23.1 Å². The van der Waals surface area contributed by atoms with Crippen LogP contribution in [0.2, 0.25) is 0 Å². The average molecular weight is 382 g/mol. The van der Waals surface area contributed by atoms with Crippen LogP contribution in [0.25, 0.3) is 0 Å². The summed E-state index contributed by atoms with van der Waals surface area (Å²) >= 11 is 1.58. The van der Waals surface area contributed by atoms with Crippen molar-refractivity contribution in [3.8, 4) is 0 Å². The van der Waals surface area contributed by atoms with Crippen LogP contribution in [0.1, 0.15) is 51.9 Å². The number of amides is 1. The molecule has 0 aliphatic heterocycles. The van der Waals surface area contributed by atoms with Crippen LogP contribution in [-0.2, 0) is 4.79 Å². The van der Waals surface area contributed by atoms with Gasteiger partial charge in [-0.1, -0.05) is 43.9 Å². The fraction of sp³-hybridized carbons (Fsp3) is 0.762. The first kappa shape index (κ1) is 21.5. The lowest BCUT2D eigenvalue weighted by Crippen LogP contribution is -2.23. The molecule has 0 unspecified atom stereocenters. The van der Waals surface area contributed by atoms with E-state index in [9.17, 15) is 15.0 Å². The van der Waals surface area contributed by atoms with Gasteiger partial charge in [0.25, 0.3) is 0 Å². The number of allylic oxidation sites excluding steroid dienone is 1. The Labute approximate surface area is 162 Å². The summed E-state index contributed by atoms with van der Waals surface area (Å²) in [5.41, 5.74) is 1.41. The van der Waals surface area contributed by atoms with Crippen molar-refractivity contribution >= 4 is 17.7 Å². The molecule has 0 aromatic rings. The topological polar surface area (TPSA) is 60.8 Å². The van der Waals surface area contributed by atoms with Gasteiger partial charge in [-0.3, -0.25) is 4.79 Å². The van der Waals surface area contributed by atoms with E-state index < -0.39 is 6.10 Å². The highest BCUT2D eigenvalue weighted by molar-refractivity contribution is 8.02. The minimum atomic E-state index is -0.392. The second-order valence-electron chi connectivity index (χ2n) is 8.04. The SMILES string of the molecule is CCCCC[C@H](O)C=C[C@@H]1[C@H]2CC(=CSCC(=O)N(C)C)C[C@H]2C[C@H]1O. The van der Waals surface area contributed by atoms with Crippen molar-refractivity contribution in [1.29, 1.82) is 0 Å². The summed E-state index contributed by atoms with van der Waals surface area (Å²) in [5, 5.41) is 22.7. The molecule has 2 saturated carbocycles.